The average molecular weight is 233 g/mol. The molecule has 0 aliphatic carbocycles. The summed E-state index contributed by atoms with van der Waals surface area (Å²) >= 11 is 5.72. The number of carbonyl (C=O) groups excluding carboxylic acids is 1. The fourth-order valence-corrected chi connectivity index (χ4v) is 1.54. The Kier molecular flexibility index (Phi) is 3.27. The Hall–Kier alpha value is -1.74. The zero-order chi connectivity index (χ0) is 11.4. The van der Waals surface area contributed by atoms with Crippen LogP contribution >= 0.6 is 11.6 Å². The van der Waals surface area contributed by atoms with E-state index in [2.05, 4.69) is 9.97 Å². The molecule has 0 amide bonds. The summed E-state index contributed by atoms with van der Waals surface area (Å²) < 4.78 is 0. The van der Waals surface area contributed by atoms with Gasteiger partial charge < -0.3 is 0 Å². The number of ketones is 1. The molecule has 0 aliphatic heterocycles. The van der Waals surface area contributed by atoms with E-state index in [0.29, 0.717) is 17.1 Å². The van der Waals surface area contributed by atoms with Gasteiger partial charge >= 0.3 is 0 Å². The van der Waals surface area contributed by atoms with Crippen molar-refractivity contribution in [3.63, 3.8) is 0 Å². The third-order valence-corrected chi connectivity index (χ3v) is 2.37. The first-order valence-corrected chi connectivity index (χ1v) is 5.17. The first kappa shape index (κ1) is 10.8. The zero-order valence-electron chi connectivity index (χ0n) is 8.43. The lowest BCUT2D eigenvalue weighted by Gasteiger charge is -2.01. The van der Waals surface area contributed by atoms with Crippen molar-refractivity contribution < 1.29 is 4.79 Å². The van der Waals surface area contributed by atoms with E-state index in [1.165, 1.54) is 6.20 Å². The molecule has 0 aliphatic rings. The van der Waals surface area contributed by atoms with Crippen LogP contribution in [0.1, 0.15) is 15.9 Å². The molecule has 0 aromatic carbocycles. The molecule has 2 heterocycles. The van der Waals surface area contributed by atoms with Gasteiger partial charge in [-0.25, -0.2) is 4.98 Å². The third-order valence-electron chi connectivity index (χ3n) is 2.16. The minimum atomic E-state index is 0.0236. The maximum absolute atomic E-state index is 11.9. The molecule has 16 heavy (non-hydrogen) atoms. The quantitative estimate of drug-likeness (QED) is 0.603. The monoisotopic (exact) mass is 232 g/mol. The second kappa shape index (κ2) is 4.86. The van der Waals surface area contributed by atoms with E-state index >= 15 is 0 Å². The van der Waals surface area contributed by atoms with Gasteiger partial charge in [0.1, 0.15) is 5.15 Å². The molecule has 3 nitrogen and oxygen atoms in total. The van der Waals surface area contributed by atoms with Crippen LogP contribution in [-0.4, -0.2) is 15.8 Å². The number of halogens is 1. The Morgan fingerprint density at radius 1 is 1.19 bits per heavy atom. The number of nitrogens with zero attached hydrogens (tertiary/aromatic N) is 2. The van der Waals surface area contributed by atoms with E-state index in [9.17, 15) is 4.79 Å². The van der Waals surface area contributed by atoms with Crippen molar-refractivity contribution in [1.82, 2.24) is 9.97 Å². The second-order valence-electron chi connectivity index (χ2n) is 3.32. The summed E-state index contributed by atoms with van der Waals surface area (Å²) in [6.45, 7) is 0. The Morgan fingerprint density at radius 2 is 1.94 bits per heavy atom. The van der Waals surface area contributed by atoms with Gasteiger partial charge in [0.15, 0.2) is 5.78 Å². The number of hydrogen-bond acceptors (Lipinski definition) is 3. The van der Waals surface area contributed by atoms with Gasteiger partial charge in [0, 0.05) is 30.6 Å². The number of Topliss-reactive ketones (excluding diaryl/α,β-unsaturated/α-hetero) is 1. The highest BCUT2D eigenvalue weighted by atomic mass is 35.5. The van der Waals surface area contributed by atoms with E-state index in [-0.39, 0.29) is 5.78 Å². The van der Waals surface area contributed by atoms with Crippen molar-refractivity contribution in [3.05, 3.63) is 59.1 Å². The summed E-state index contributed by atoms with van der Waals surface area (Å²) in [5, 5.41) is 0.334. The zero-order valence-corrected chi connectivity index (χ0v) is 9.19. The summed E-state index contributed by atoms with van der Waals surface area (Å²) in [7, 11) is 0. The average Bonchev–Trinajstić information content (AvgIpc) is 2.30. The maximum atomic E-state index is 11.9. The fraction of sp³-hybridized carbons (Fsp3) is 0.0833. The predicted molar refractivity (Wildman–Crippen MR) is 61.5 cm³/mol. The van der Waals surface area contributed by atoms with Crippen molar-refractivity contribution in [1.29, 1.82) is 0 Å². The molecule has 0 saturated heterocycles. The Balaban J connectivity index is 2.15. The molecule has 0 spiro atoms. The molecule has 0 N–H and O–H groups in total. The van der Waals surface area contributed by atoms with Gasteiger partial charge in [-0.3, -0.25) is 9.78 Å². The van der Waals surface area contributed by atoms with Crippen LogP contribution in [0.3, 0.4) is 0 Å². The van der Waals surface area contributed by atoms with Crippen LogP contribution in [0.5, 0.6) is 0 Å². The number of carbonyl (C=O) groups is 1. The smallest absolute Gasteiger partial charge is 0.167 e. The highest BCUT2D eigenvalue weighted by Crippen LogP contribution is 2.10. The van der Waals surface area contributed by atoms with Crippen LogP contribution in [0, 0.1) is 0 Å². The van der Waals surface area contributed by atoms with Crippen molar-refractivity contribution >= 4 is 17.4 Å². The van der Waals surface area contributed by atoms with E-state index in [1.54, 1.807) is 24.5 Å². The minimum Gasteiger partial charge on any atom is -0.294 e. The minimum absolute atomic E-state index is 0.0236. The van der Waals surface area contributed by atoms with E-state index in [0.717, 1.165) is 5.56 Å². The molecule has 2 aromatic heterocycles. The van der Waals surface area contributed by atoms with Crippen LogP contribution in [0.4, 0.5) is 0 Å². The number of aromatic nitrogens is 2. The number of rotatable bonds is 3. The lowest BCUT2D eigenvalue weighted by Crippen LogP contribution is -2.03. The molecule has 80 valence electrons. The van der Waals surface area contributed by atoms with Crippen molar-refractivity contribution in [2.24, 2.45) is 0 Å². The van der Waals surface area contributed by atoms with Gasteiger partial charge in [-0.15, -0.1) is 0 Å². The molecular weight excluding hydrogens is 224 g/mol. The largest absolute Gasteiger partial charge is 0.294 e. The molecule has 0 saturated carbocycles. The van der Waals surface area contributed by atoms with Crippen LogP contribution < -0.4 is 0 Å². The van der Waals surface area contributed by atoms with Gasteiger partial charge in [0.25, 0.3) is 0 Å². The first-order valence-electron chi connectivity index (χ1n) is 4.79. The van der Waals surface area contributed by atoms with Crippen LogP contribution in [-0.2, 0) is 6.42 Å². The van der Waals surface area contributed by atoms with E-state index < -0.39 is 0 Å². The molecule has 0 radical (unpaired) electrons. The maximum Gasteiger partial charge on any atom is 0.167 e. The van der Waals surface area contributed by atoms with Gasteiger partial charge in [-0.2, -0.15) is 0 Å². The second-order valence-corrected chi connectivity index (χ2v) is 3.71. The lowest BCUT2D eigenvalue weighted by atomic mass is 10.1. The Labute approximate surface area is 98.1 Å². The molecule has 0 unspecified atom stereocenters. The molecule has 2 rings (SSSR count). The van der Waals surface area contributed by atoms with Gasteiger partial charge in [0.2, 0.25) is 0 Å². The van der Waals surface area contributed by atoms with Gasteiger partial charge in [0.05, 0.1) is 0 Å². The summed E-state index contributed by atoms with van der Waals surface area (Å²) in [6.07, 6.45) is 5.22. The number of pyridine rings is 2. The summed E-state index contributed by atoms with van der Waals surface area (Å²) in [6, 6.07) is 6.88. The summed E-state index contributed by atoms with van der Waals surface area (Å²) in [4.78, 5) is 19.6. The third kappa shape index (κ3) is 2.64. The highest BCUT2D eigenvalue weighted by Gasteiger charge is 2.07. The molecule has 0 atom stereocenters. The van der Waals surface area contributed by atoms with Crippen molar-refractivity contribution in [2.75, 3.05) is 0 Å². The fourth-order valence-electron chi connectivity index (χ4n) is 1.36. The standard InChI is InChI=1S/C12H9ClN2O/c13-12-8-10(3-6-15-12)11(16)7-9-1-4-14-5-2-9/h1-6,8H,7H2. The van der Waals surface area contributed by atoms with E-state index in [4.69, 9.17) is 11.6 Å². The summed E-state index contributed by atoms with van der Waals surface area (Å²) in [5.74, 6) is 0.0236. The lowest BCUT2D eigenvalue weighted by molar-refractivity contribution is 0.0993. The molecular formula is C12H9ClN2O. The van der Waals surface area contributed by atoms with Crippen LogP contribution in [0.2, 0.25) is 5.15 Å². The van der Waals surface area contributed by atoms with Crippen molar-refractivity contribution in [2.45, 2.75) is 6.42 Å². The first-order chi connectivity index (χ1) is 7.75. The SMILES string of the molecule is O=C(Cc1ccncc1)c1ccnc(Cl)c1. The topological polar surface area (TPSA) is 42.9 Å². The summed E-state index contributed by atoms with van der Waals surface area (Å²) in [5.41, 5.74) is 1.52. The van der Waals surface area contributed by atoms with Crippen LogP contribution in [0.25, 0.3) is 0 Å². The van der Waals surface area contributed by atoms with Gasteiger partial charge in [-0.1, -0.05) is 11.6 Å². The van der Waals surface area contributed by atoms with Gasteiger partial charge in [-0.05, 0) is 29.8 Å². The Bertz CT molecular complexity index is 499. The normalized spacial score (nSPS) is 10.1. The highest BCUT2D eigenvalue weighted by molar-refractivity contribution is 6.29. The van der Waals surface area contributed by atoms with Crippen LogP contribution in [0.15, 0.2) is 42.9 Å². The predicted octanol–water partition coefficient (Wildman–Crippen LogP) is 2.56. The number of hydrogen-bond donors (Lipinski definition) is 0. The Morgan fingerprint density at radius 3 is 2.62 bits per heavy atom. The molecule has 0 fully saturated rings. The van der Waals surface area contributed by atoms with Crippen molar-refractivity contribution in [3.8, 4) is 0 Å². The van der Waals surface area contributed by atoms with E-state index in [1.807, 2.05) is 12.1 Å². The molecule has 2 aromatic rings. The molecule has 4 heteroatoms. The molecule has 0 bridgehead atoms.